The number of sulfonamides is 1. The van der Waals surface area contributed by atoms with Crippen LogP contribution in [0.25, 0.3) is 11.0 Å². The topological polar surface area (TPSA) is 88.4 Å². The van der Waals surface area contributed by atoms with E-state index in [0.717, 1.165) is 12.1 Å². The van der Waals surface area contributed by atoms with Gasteiger partial charge in [-0.3, -0.25) is 4.72 Å². The molecule has 9 heteroatoms. The van der Waals surface area contributed by atoms with Crippen LogP contribution in [0.3, 0.4) is 0 Å². The van der Waals surface area contributed by atoms with Gasteiger partial charge in [-0.2, -0.15) is 0 Å². The third-order valence-corrected chi connectivity index (χ3v) is 4.97. The molecule has 0 spiro atoms. The Morgan fingerprint density at radius 1 is 1.08 bits per heavy atom. The molecule has 0 saturated carbocycles. The van der Waals surface area contributed by atoms with Crippen LogP contribution in [-0.4, -0.2) is 15.0 Å². The third kappa shape index (κ3) is 3.25. The van der Waals surface area contributed by atoms with Gasteiger partial charge in [-0.05, 0) is 31.2 Å². The molecule has 0 bridgehead atoms. The van der Waals surface area contributed by atoms with E-state index in [9.17, 15) is 22.0 Å². The summed E-state index contributed by atoms with van der Waals surface area (Å²) in [5.41, 5.74) is -0.838. The maximum Gasteiger partial charge on any atom is 0.363 e. The molecule has 0 aliphatic carbocycles. The van der Waals surface area contributed by atoms with Crippen molar-refractivity contribution in [3.63, 3.8) is 0 Å². The van der Waals surface area contributed by atoms with Crippen LogP contribution in [-0.2, 0) is 10.0 Å². The van der Waals surface area contributed by atoms with E-state index >= 15 is 0 Å². The van der Waals surface area contributed by atoms with Gasteiger partial charge in [-0.1, -0.05) is 12.1 Å². The predicted octanol–water partition coefficient (Wildman–Crippen LogP) is 3.30. The summed E-state index contributed by atoms with van der Waals surface area (Å²) in [6.07, 6.45) is 0. The van der Waals surface area contributed by atoms with Crippen molar-refractivity contribution >= 4 is 32.4 Å². The summed E-state index contributed by atoms with van der Waals surface area (Å²) >= 11 is 0. The molecule has 3 rings (SSSR count). The number of hydrogen-bond donors (Lipinski definition) is 2. The molecular weight excluding hydrogens is 366 g/mol. The van der Waals surface area contributed by atoms with Crippen molar-refractivity contribution < 1.29 is 21.6 Å². The zero-order valence-electron chi connectivity index (χ0n) is 13.5. The Hall–Kier alpha value is -2.94. The molecule has 0 atom stereocenters. The first-order valence-electron chi connectivity index (χ1n) is 7.61. The van der Waals surface area contributed by atoms with Crippen LogP contribution in [0.4, 0.5) is 20.2 Å². The second-order valence-electron chi connectivity index (χ2n) is 5.35. The van der Waals surface area contributed by atoms with Crippen molar-refractivity contribution in [2.24, 2.45) is 0 Å². The lowest BCUT2D eigenvalue weighted by Gasteiger charge is -2.14. The number of benzene rings is 2. The smallest absolute Gasteiger partial charge is 0.363 e. The summed E-state index contributed by atoms with van der Waals surface area (Å²) in [4.78, 5) is 11.5. The summed E-state index contributed by atoms with van der Waals surface area (Å²) in [6.45, 7) is 2.16. The van der Waals surface area contributed by atoms with Crippen molar-refractivity contribution in [2.45, 2.75) is 11.8 Å². The molecule has 6 nitrogen and oxygen atoms in total. The monoisotopic (exact) mass is 380 g/mol. The number of fused-ring (bicyclic) bond motifs is 1. The van der Waals surface area contributed by atoms with Crippen LogP contribution >= 0.6 is 0 Å². The molecular formula is C17H14F2N2O4S. The van der Waals surface area contributed by atoms with Gasteiger partial charge in [0.2, 0.25) is 0 Å². The number of rotatable bonds is 5. The van der Waals surface area contributed by atoms with Crippen LogP contribution in [0, 0.1) is 11.6 Å². The lowest BCUT2D eigenvalue weighted by molar-refractivity contribution is 0.549. The van der Waals surface area contributed by atoms with Gasteiger partial charge in [0.15, 0.2) is 5.69 Å². The first-order chi connectivity index (χ1) is 12.3. The van der Waals surface area contributed by atoms with Gasteiger partial charge in [-0.25, -0.2) is 22.0 Å². The fourth-order valence-electron chi connectivity index (χ4n) is 2.49. The lowest BCUT2D eigenvalue weighted by atomic mass is 10.2. The van der Waals surface area contributed by atoms with Gasteiger partial charge < -0.3 is 9.73 Å². The van der Waals surface area contributed by atoms with Gasteiger partial charge in [0, 0.05) is 18.0 Å². The van der Waals surface area contributed by atoms with Crippen molar-refractivity contribution in [3.8, 4) is 0 Å². The average molecular weight is 380 g/mol. The summed E-state index contributed by atoms with van der Waals surface area (Å²) in [5.74, 6) is -2.19. The standard InChI is InChI=1S/C17H14F2N2O4S/c1-2-20-15-11-5-3-4-6-13(11)25-17(22)16(15)21-26(23,24)14-8-7-10(18)9-12(14)19/h3-9,20-21H,2H2,1H3. The second kappa shape index (κ2) is 6.75. The fourth-order valence-corrected chi connectivity index (χ4v) is 3.61. The normalized spacial score (nSPS) is 11.5. The van der Waals surface area contributed by atoms with Crippen LogP contribution in [0.5, 0.6) is 0 Å². The van der Waals surface area contributed by atoms with E-state index in [1.807, 2.05) is 4.72 Å². The Bertz CT molecular complexity index is 1140. The predicted molar refractivity (Wildman–Crippen MR) is 93.8 cm³/mol. The molecule has 2 N–H and O–H groups in total. The minimum Gasteiger partial charge on any atom is -0.421 e. The SMILES string of the molecule is CCNc1c(NS(=O)(=O)c2ccc(F)cc2F)c(=O)oc2ccccc12. The van der Waals surface area contributed by atoms with Gasteiger partial charge in [0.25, 0.3) is 10.0 Å². The van der Waals surface area contributed by atoms with Crippen molar-refractivity contribution in [1.82, 2.24) is 0 Å². The highest BCUT2D eigenvalue weighted by molar-refractivity contribution is 7.92. The Kier molecular flexibility index (Phi) is 4.64. The Morgan fingerprint density at radius 3 is 2.50 bits per heavy atom. The second-order valence-corrected chi connectivity index (χ2v) is 7.00. The highest BCUT2D eigenvalue weighted by Gasteiger charge is 2.24. The van der Waals surface area contributed by atoms with E-state index in [1.54, 1.807) is 31.2 Å². The van der Waals surface area contributed by atoms with E-state index in [4.69, 9.17) is 4.42 Å². The van der Waals surface area contributed by atoms with E-state index < -0.39 is 32.2 Å². The summed E-state index contributed by atoms with van der Waals surface area (Å²) < 4.78 is 59.1. The summed E-state index contributed by atoms with van der Waals surface area (Å²) in [6, 6.07) is 8.61. The van der Waals surface area contributed by atoms with Gasteiger partial charge in [0.05, 0.1) is 5.69 Å². The molecule has 0 unspecified atom stereocenters. The minimum atomic E-state index is -4.48. The average Bonchev–Trinajstić information content (AvgIpc) is 2.57. The van der Waals surface area contributed by atoms with Gasteiger partial charge in [-0.15, -0.1) is 0 Å². The van der Waals surface area contributed by atoms with Gasteiger partial charge >= 0.3 is 5.63 Å². The van der Waals surface area contributed by atoms with Crippen molar-refractivity contribution in [2.75, 3.05) is 16.6 Å². The Balaban J connectivity index is 2.17. The number of para-hydroxylation sites is 1. The van der Waals surface area contributed by atoms with E-state index in [1.165, 1.54) is 0 Å². The molecule has 1 aromatic heterocycles. The maximum atomic E-state index is 13.9. The fraction of sp³-hybridized carbons (Fsp3) is 0.118. The highest BCUT2D eigenvalue weighted by Crippen LogP contribution is 2.30. The molecule has 0 saturated heterocycles. The molecule has 1 heterocycles. The molecule has 0 radical (unpaired) electrons. The van der Waals surface area contributed by atoms with Crippen LogP contribution in [0.15, 0.2) is 56.6 Å². The van der Waals surface area contributed by atoms with Crippen molar-refractivity contribution in [3.05, 3.63) is 64.5 Å². The Labute approximate surface area is 147 Å². The number of nitrogens with one attached hydrogen (secondary N) is 2. The number of anilines is 2. The highest BCUT2D eigenvalue weighted by atomic mass is 32.2. The first-order valence-corrected chi connectivity index (χ1v) is 9.09. The molecule has 0 fully saturated rings. The lowest BCUT2D eigenvalue weighted by Crippen LogP contribution is -2.21. The van der Waals surface area contributed by atoms with Gasteiger partial charge in [0.1, 0.15) is 22.1 Å². The van der Waals surface area contributed by atoms with E-state index in [2.05, 4.69) is 5.32 Å². The molecule has 0 aliphatic rings. The summed E-state index contributed by atoms with van der Waals surface area (Å²) in [7, 11) is -4.48. The molecule has 26 heavy (non-hydrogen) atoms. The summed E-state index contributed by atoms with van der Waals surface area (Å²) in [5, 5.41) is 3.40. The zero-order valence-corrected chi connectivity index (χ0v) is 14.4. The van der Waals surface area contributed by atoms with Crippen LogP contribution < -0.4 is 15.7 Å². The quantitative estimate of drug-likeness (QED) is 0.663. The van der Waals surface area contributed by atoms with Crippen molar-refractivity contribution in [1.29, 1.82) is 0 Å². The molecule has 0 amide bonds. The minimum absolute atomic E-state index is 0.213. The largest absolute Gasteiger partial charge is 0.421 e. The number of halogens is 2. The number of hydrogen-bond acceptors (Lipinski definition) is 5. The first kappa shape index (κ1) is 17.9. The molecule has 0 aliphatic heterocycles. The molecule has 3 aromatic rings. The zero-order chi connectivity index (χ0) is 18.9. The maximum absolute atomic E-state index is 13.9. The van der Waals surface area contributed by atoms with Crippen LogP contribution in [0.1, 0.15) is 6.92 Å². The molecule has 2 aromatic carbocycles. The van der Waals surface area contributed by atoms with E-state index in [0.29, 0.717) is 18.0 Å². The van der Waals surface area contributed by atoms with Crippen LogP contribution in [0.2, 0.25) is 0 Å². The van der Waals surface area contributed by atoms with E-state index in [-0.39, 0.29) is 17.0 Å². The third-order valence-electron chi connectivity index (χ3n) is 3.59. The Morgan fingerprint density at radius 2 is 1.81 bits per heavy atom. The molecule has 136 valence electrons.